The molecule has 1 amide bonds. The SMILES string of the molecule is CCC(C)[C@H](NC(=O)C(N)Cc1ccccc1)C(=O)O. The first-order valence-electron chi connectivity index (χ1n) is 6.78. The Bertz CT molecular complexity index is 448. The smallest absolute Gasteiger partial charge is 0.326 e. The number of carbonyl (C=O) groups is 2. The minimum Gasteiger partial charge on any atom is -0.480 e. The fraction of sp³-hybridized carbons (Fsp3) is 0.467. The first-order chi connectivity index (χ1) is 9.45. The number of carboxylic acids is 1. The maximum absolute atomic E-state index is 12.0. The Hall–Kier alpha value is -1.88. The molecule has 0 radical (unpaired) electrons. The van der Waals surface area contributed by atoms with Gasteiger partial charge in [-0.3, -0.25) is 4.79 Å². The fourth-order valence-corrected chi connectivity index (χ4v) is 1.90. The van der Waals surface area contributed by atoms with Crippen LogP contribution in [0.25, 0.3) is 0 Å². The standard InChI is InChI=1S/C15H22N2O3/c1-3-10(2)13(15(19)20)17-14(18)12(16)9-11-7-5-4-6-8-11/h4-8,10,12-13H,3,9,16H2,1-2H3,(H,17,18)(H,19,20)/t10?,12?,13-/m0/s1. The van der Waals surface area contributed by atoms with Gasteiger partial charge >= 0.3 is 5.97 Å². The topological polar surface area (TPSA) is 92.4 Å². The lowest BCUT2D eigenvalue weighted by molar-refractivity contribution is -0.143. The molecule has 4 N–H and O–H groups in total. The predicted octanol–water partition coefficient (Wildman–Crippen LogP) is 1.17. The van der Waals surface area contributed by atoms with Crippen molar-refractivity contribution >= 4 is 11.9 Å². The van der Waals surface area contributed by atoms with Crippen LogP contribution in [-0.2, 0) is 16.0 Å². The zero-order chi connectivity index (χ0) is 15.1. The van der Waals surface area contributed by atoms with Crippen molar-refractivity contribution < 1.29 is 14.7 Å². The van der Waals surface area contributed by atoms with Gasteiger partial charge in [0.2, 0.25) is 5.91 Å². The van der Waals surface area contributed by atoms with Crippen LogP contribution in [0.15, 0.2) is 30.3 Å². The minimum absolute atomic E-state index is 0.139. The summed E-state index contributed by atoms with van der Waals surface area (Å²) in [5, 5.41) is 11.7. The highest BCUT2D eigenvalue weighted by Gasteiger charge is 2.27. The molecule has 1 aromatic rings. The van der Waals surface area contributed by atoms with E-state index >= 15 is 0 Å². The number of nitrogens with one attached hydrogen (secondary N) is 1. The molecule has 5 heteroatoms. The third-order valence-electron chi connectivity index (χ3n) is 3.41. The predicted molar refractivity (Wildman–Crippen MR) is 77.1 cm³/mol. The van der Waals surface area contributed by atoms with E-state index in [4.69, 9.17) is 10.8 Å². The molecule has 1 rings (SSSR count). The van der Waals surface area contributed by atoms with Gasteiger partial charge in [-0.15, -0.1) is 0 Å². The Morgan fingerprint density at radius 2 is 1.90 bits per heavy atom. The van der Waals surface area contributed by atoms with Gasteiger partial charge in [-0.2, -0.15) is 0 Å². The molecule has 5 nitrogen and oxygen atoms in total. The van der Waals surface area contributed by atoms with E-state index in [1.54, 1.807) is 6.92 Å². The minimum atomic E-state index is -1.03. The van der Waals surface area contributed by atoms with Crippen molar-refractivity contribution in [2.24, 2.45) is 11.7 Å². The summed E-state index contributed by atoms with van der Waals surface area (Å²) in [4.78, 5) is 23.1. The van der Waals surface area contributed by atoms with Crippen molar-refractivity contribution in [2.45, 2.75) is 38.8 Å². The summed E-state index contributed by atoms with van der Waals surface area (Å²) in [5.74, 6) is -1.60. The van der Waals surface area contributed by atoms with Crippen molar-refractivity contribution in [1.82, 2.24) is 5.32 Å². The zero-order valence-electron chi connectivity index (χ0n) is 11.9. The van der Waals surface area contributed by atoms with Gasteiger partial charge in [-0.05, 0) is 17.9 Å². The molecular formula is C15H22N2O3. The van der Waals surface area contributed by atoms with Crippen LogP contribution < -0.4 is 11.1 Å². The Balaban J connectivity index is 2.62. The lowest BCUT2D eigenvalue weighted by Gasteiger charge is -2.22. The van der Waals surface area contributed by atoms with Gasteiger partial charge in [-0.25, -0.2) is 4.79 Å². The Morgan fingerprint density at radius 3 is 2.40 bits per heavy atom. The molecule has 0 spiro atoms. The highest BCUT2D eigenvalue weighted by molar-refractivity contribution is 5.87. The molecule has 110 valence electrons. The van der Waals surface area contributed by atoms with E-state index in [2.05, 4.69) is 5.32 Å². The number of amides is 1. The van der Waals surface area contributed by atoms with Gasteiger partial charge in [-0.1, -0.05) is 50.6 Å². The summed E-state index contributed by atoms with van der Waals surface area (Å²) in [6.45, 7) is 3.68. The number of carbonyl (C=O) groups excluding carboxylic acids is 1. The summed E-state index contributed by atoms with van der Waals surface area (Å²) >= 11 is 0. The molecule has 20 heavy (non-hydrogen) atoms. The third-order valence-corrected chi connectivity index (χ3v) is 3.41. The molecule has 0 heterocycles. The van der Waals surface area contributed by atoms with E-state index in [-0.39, 0.29) is 5.92 Å². The molecule has 0 fully saturated rings. The molecule has 0 saturated carbocycles. The van der Waals surface area contributed by atoms with Crippen LogP contribution in [0.5, 0.6) is 0 Å². The monoisotopic (exact) mass is 278 g/mol. The van der Waals surface area contributed by atoms with E-state index in [1.165, 1.54) is 0 Å². The third kappa shape index (κ3) is 4.66. The summed E-state index contributed by atoms with van der Waals surface area (Å²) in [5.41, 5.74) is 6.78. The molecule has 0 saturated heterocycles. The molecule has 0 aliphatic rings. The highest BCUT2D eigenvalue weighted by Crippen LogP contribution is 2.09. The van der Waals surface area contributed by atoms with Gasteiger partial charge < -0.3 is 16.2 Å². The second-order valence-corrected chi connectivity index (χ2v) is 5.01. The number of rotatable bonds is 7. The molecule has 3 atom stereocenters. The van der Waals surface area contributed by atoms with Gasteiger partial charge in [0.05, 0.1) is 6.04 Å². The number of hydrogen-bond donors (Lipinski definition) is 3. The second kappa shape index (κ2) is 7.65. The summed E-state index contributed by atoms with van der Waals surface area (Å²) < 4.78 is 0. The van der Waals surface area contributed by atoms with Gasteiger partial charge in [0.15, 0.2) is 0 Å². The average molecular weight is 278 g/mol. The van der Waals surface area contributed by atoms with Gasteiger partial charge in [0.25, 0.3) is 0 Å². The van der Waals surface area contributed by atoms with Crippen molar-refractivity contribution in [3.8, 4) is 0 Å². The summed E-state index contributed by atoms with van der Waals surface area (Å²) in [7, 11) is 0. The van der Waals surface area contributed by atoms with Gasteiger partial charge in [0.1, 0.15) is 6.04 Å². The molecule has 0 aromatic heterocycles. The average Bonchev–Trinajstić information content (AvgIpc) is 2.44. The first-order valence-corrected chi connectivity index (χ1v) is 6.78. The van der Waals surface area contributed by atoms with Crippen molar-refractivity contribution in [3.63, 3.8) is 0 Å². The van der Waals surface area contributed by atoms with Crippen LogP contribution in [0, 0.1) is 5.92 Å². The normalized spacial score (nSPS) is 15.2. The Kier molecular flexibility index (Phi) is 6.18. The van der Waals surface area contributed by atoms with E-state index in [0.29, 0.717) is 12.8 Å². The zero-order valence-corrected chi connectivity index (χ0v) is 11.9. The Labute approximate surface area is 119 Å². The molecule has 0 bridgehead atoms. The lowest BCUT2D eigenvalue weighted by Crippen LogP contribution is -2.51. The van der Waals surface area contributed by atoms with Crippen LogP contribution in [0.1, 0.15) is 25.8 Å². The Morgan fingerprint density at radius 1 is 1.30 bits per heavy atom. The summed E-state index contributed by atoms with van der Waals surface area (Å²) in [6, 6.07) is 7.77. The van der Waals surface area contributed by atoms with E-state index in [9.17, 15) is 9.59 Å². The van der Waals surface area contributed by atoms with E-state index < -0.39 is 24.0 Å². The summed E-state index contributed by atoms with van der Waals surface area (Å²) in [6.07, 6.45) is 1.06. The molecule has 0 aliphatic heterocycles. The highest BCUT2D eigenvalue weighted by atomic mass is 16.4. The number of hydrogen-bond acceptors (Lipinski definition) is 3. The first kappa shape index (κ1) is 16.2. The van der Waals surface area contributed by atoms with E-state index in [0.717, 1.165) is 5.56 Å². The number of benzene rings is 1. The molecule has 1 aromatic carbocycles. The second-order valence-electron chi connectivity index (χ2n) is 5.01. The van der Waals surface area contributed by atoms with Crippen LogP contribution >= 0.6 is 0 Å². The fourth-order valence-electron chi connectivity index (χ4n) is 1.90. The number of aliphatic carboxylic acids is 1. The van der Waals surface area contributed by atoms with Gasteiger partial charge in [0, 0.05) is 0 Å². The van der Waals surface area contributed by atoms with Crippen LogP contribution in [0.3, 0.4) is 0 Å². The largest absolute Gasteiger partial charge is 0.480 e. The maximum atomic E-state index is 12.0. The van der Waals surface area contributed by atoms with Crippen molar-refractivity contribution in [2.75, 3.05) is 0 Å². The van der Waals surface area contributed by atoms with Crippen LogP contribution in [0.2, 0.25) is 0 Å². The quantitative estimate of drug-likeness (QED) is 0.698. The van der Waals surface area contributed by atoms with E-state index in [1.807, 2.05) is 37.3 Å². The molecule has 2 unspecified atom stereocenters. The molecule has 0 aliphatic carbocycles. The van der Waals surface area contributed by atoms with Crippen molar-refractivity contribution in [3.05, 3.63) is 35.9 Å². The molecular weight excluding hydrogens is 256 g/mol. The number of nitrogens with two attached hydrogens (primary N) is 1. The van der Waals surface area contributed by atoms with Crippen LogP contribution in [0.4, 0.5) is 0 Å². The van der Waals surface area contributed by atoms with Crippen LogP contribution in [-0.4, -0.2) is 29.1 Å². The maximum Gasteiger partial charge on any atom is 0.326 e. The van der Waals surface area contributed by atoms with Crippen molar-refractivity contribution in [1.29, 1.82) is 0 Å². The number of carboxylic acid groups (broad SMARTS) is 1. The lowest BCUT2D eigenvalue weighted by atomic mass is 9.98.